The van der Waals surface area contributed by atoms with Crippen molar-refractivity contribution in [2.75, 3.05) is 11.9 Å². The Morgan fingerprint density at radius 1 is 1.07 bits per heavy atom. The number of halogens is 2. The standard InChI is InChI=1S/C30H27Cl2N7O2/c1-29(2,3)26(41)37-15-17-13-18(7-8-20(17)30(16-37)9-10-30)35-27-34-14-19-24(36-27)38-12-11-33-28(38)39(25(19)40)23-21(31)5-4-6-22(23)32/h4-8,11-14H,9-10,15-16H2,1-3H3,(H,34,35,36). The van der Waals surface area contributed by atoms with Crippen LogP contribution in [0, 0.1) is 5.41 Å². The number of hydrogen-bond acceptors (Lipinski definition) is 6. The van der Waals surface area contributed by atoms with Crippen LogP contribution in [0.25, 0.3) is 22.5 Å². The minimum Gasteiger partial charge on any atom is -0.337 e. The number of nitrogens with one attached hydrogen (secondary N) is 1. The largest absolute Gasteiger partial charge is 0.337 e. The fraction of sp³-hybridized carbons (Fsp3) is 0.300. The van der Waals surface area contributed by atoms with Crippen LogP contribution in [0.1, 0.15) is 44.7 Å². The summed E-state index contributed by atoms with van der Waals surface area (Å²) in [5.74, 6) is 0.827. The Labute approximate surface area is 245 Å². The van der Waals surface area contributed by atoms with Crippen molar-refractivity contribution < 1.29 is 4.79 Å². The van der Waals surface area contributed by atoms with Gasteiger partial charge in [0.2, 0.25) is 17.6 Å². The number of imidazole rings is 1. The van der Waals surface area contributed by atoms with Gasteiger partial charge < -0.3 is 10.2 Å². The van der Waals surface area contributed by atoms with E-state index in [1.54, 1.807) is 35.0 Å². The molecule has 1 amide bonds. The number of para-hydroxylation sites is 1. The lowest BCUT2D eigenvalue weighted by molar-refractivity contribution is -0.141. The van der Waals surface area contributed by atoms with Gasteiger partial charge in [-0.1, -0.05) is 56.1 Å². The maximum Gasteiger partial charge on any atom is 0.270 e. The van der Waals surface area contributed by atoms with Gasteiger partial charge in [-0.15, -0.1) is 0 Å². The minimum atomic E-state index is -0.434. The van der Waals surface area contributed by atoms with E-state index in [9.17, 15) is 9.59 Å². The maximum atomic E-state index is 13.7. The highest BCUT2D eigenvalue weighted by atomic mass is 35.5. The van der Waals surface area contributed by atoms with Crippen LogP contribution in [0.3, 0.4) is 0 Å². The summed E-state index contributed by atoms with van der Waals surface area (Å²) in [6.07, 6.45) is 6.99. The topological polar surface area (TPSA) is 97.4 Å². The second-order valence-corrected chi connectivity index (χ2v) is 12.7. The van der Waals surface area contributed by atoms with Gasteiger partial charge in [0.15, 0.2) is 5.65 Å². The monoisotopic (exact) mass is 587 g/mol. The molecule has 2 aliphatic rings. The van der Waals surface area contributed by atoms with E-state index < -0.39 is 5.41 Å². The van der Waals surface area contributed by atoms with Crippen molar-refractivity contribution in [3.63, 3.8) is 0 Å². The first-order valence-corrected chi connectivity index (χ1v) is 14.2. The average Bonchev–Trinajstić information content (AvgIpc) is 3.51. The first kappa shape index (κ1) is 26.0. The summed E-state index contributed by atoms with van der Waals surface area (Å²) in [6.45, 7) is 7.24. The number of carbonyl (C=O) groups excluding carboxylic acids is 1. The molecule has 0 radical (unpaired) electrons. The molecule has 0 bridgehead atoms. The number of aromatic nitrogens is 5. The molecule has 1 spiro atoms. The second-order valence-electron chi connectivity index (χ2n) is 11.9. The van der Waals surface area contributed by atoms with Crippen molar-refractivity contribution in [2.24, 2.45) is 5.41 Å². The van der Waals surface area contributed by atoms with Crippen molar-refractivity contribution in [3.8, 4) is 5.69 Å². The summed E-state index contributed by atoms with van der Waals surface area (Å²) in [5.41, 5.74) is 3.25. The lowest BCUT2D eigenvalue weighted by atomic mass is 9.84. The van der Waals surface area contributed by atoms with E-state index in [1.807, 2.05) is 31.7 Å². The van der Waals surface area contributed by atoms with E-state index in [2.05, 4.69) is 27.4 Å². The van der Waals surface area contributed by atoms with Crippen LogP contribution >= 0.6 is 23.2 Å². The van der Waals surface area contributed by atoms with Crippen LogP contribution in [0.2, 0.25) is 10.0 Å². The molecular weight excluding hydrogens is 561 g/mol. The van der Waals surface area contributed by atoms with E-state index >= 15 is 0 Å². The highest BCUT2D eigenvalue weighted by Gasteiger charge is 2.50. The van der Waals surface area contributed by atoms with Crippen molar-refractivity contribution >= 4 is 57.6 Å². The van der Waals surface area contributed by atoms with Gasteiger partial charge in [0.1, 0.15) is 5.39 Å². The number of nitrogens with zero attached hydrogens (tertiary/aromatic N) is 6. The summed E-state index contributed by atoms with van der Waals surface area (Å²) in [6, 6.07) is 11.3. The van der Waals surface area contributed by atoms with Gasteiger partial charge in [-0.25, -0.2) is 14.5 Å². The van der Waals surface area contributed by atoms with Crippen LogP contribution in [0.15, 0.2) is 59.8 Å². The normalized spacial score (nSPS) is 15.9. The zero-order chi connectivity index (χ0) is 28.7. The lowest BCUT2D eigenvalue weighted by Gasteiger charge is -2.38. The quantitative estimate of drug-likeness (QED) is 0.282. The van der Waals surface area contributed by atoms with Crippen LogP contribution in [-0.4, -0.2) is 41.3 Å². The molecule has 4 heterocycles. The molecule has 0 unspecified atom stereocenters. The molecular formula is C30H27Cl2N7O2. The van der Waals surface area contributed by atoms with Gasteiger partial charge in [-0.05, 0) is 48.2 Å². The van der Waals surface area contributed by atoms with E-state index in [4.69, 9.17) is 28.2 Å². The SMILES string of the molecule is CC(C)(C)C(=O)N1Cc2cc(Nc3ncc4c(=O)n(-c5c(Cl)cccc5Cl)c5nccn5c4n3)ccc2C2(CC2)C1. The number of amides is 1. The number of anilines is 2. The van der Waals surface area contributed by atoms with Crippen molar-refractivity contribution in [1.29, 1.82) is 0 Å². The summed E-state index contributed by atoms with van der Waals surface area (Å²) in [5, 5.41) is 4.24. The summed E-state index contributed by atoms with van der Waals surface area (Å²) < 4.78 is 3.09. The Morgan fingerprint density at radius 3 is 2.54 bits per heavy atom. The molecule has 5 aromatic rings. The molecule has 7 rings (SSSR count). The third kappa shape index (κ3) is 4.18. The molecule has 3 aromatic heterocycles. The minimum absolute atomic E-state index is 0.0595. The van der Waals surface area contributed by atoms with Crippen molar-refractivity contribution in [2.45, 2.75) is 45.6 Å². The van der Waals surface area contributed by atoms with E-state index in [-0.39, 0.29) is 22.3 Å². The van der Waals surface area contributed by atoms with Crippen LogP contribution in [0.5, 0.6) is 0 Å². The third-order valence-electron chi connectivity index (χ3n) is 7.98. The average molecular weight is 588 g/mol. The maximum absolute atomic E-state index is 13.7. The first-order valence-electron chi connectivity index (χ1n) is 13.4. The number of rotatable bonds is 3. The van der Waals surface area contributed by atoms with Gasteiger partial charge in [-0.2, -0.15) is 4.98 Å². The number of hydrogen-bond donors (Lipinski definition) is 1. The molecule has 2 aromatic carbocycles. The molecule has 0 saturated heterocycles. The first-order chi connectivity index (χ1) is 19.6. The zero-order valence-corrected chi connectivity index (χ0v) is 24.3. The van der Waals surface area contributed by atoms with E-state index in [0.29, 0.717) is 39.7 Å². The molecule has 1 fully saturated rings. The smallest absolute Gasteiger partial charge is 0.270 e. The van der Waals surface area contributed by atoms with E-state index in [1.165, 1.54) is 16.3 Å². The Morgan fingerprint density at radius 2 is 1.83 bits per heavy atom. The van der Waals surface area contributed by atoms with Gasteiger partial charge in [-0.3, -0.25) is 14.0 Å². The van der Waals surface area contributed by atoms with Crippen LogP contribution in [-0.2, 0) is 16.8 Å². The highest BCUT2D eigenvalue weighted by Crippen LogP contribution is 2.53. The number of fused-ring (bicyclic) bond motifs is 5. The molecule has 0 atom stereocenters. The number of carbonyl (C=O) groups is 1. The number of benzene rings is 2. The summed E-state index contributed by atoms with van der Waals surface area (Å²) in [7, 11) is 0. The predicted octanol–water partition coefficient (Wildman–Crippen LogP) is 5.90. The van der Waals surface area contributed by atoms with Crippen LogP contribution in [0.4, 0.5) is 11.6 Å². The second kappa shape index (κ2) is 9.03. The highest BCUT2D eigenvalue weighted by molar-refractivity contribution is 6.37. The molecule has 208 valence electrons. The molecule has 1 saturated carbocycles. The van der Waals surface area contributed by atoms with Gasteiger partial charge in [0.05, 0.1) is 15.7 Å². The van der Waals surface area contributed by atoms with Gasteiger partial charge in [0.25, 0.3) is 5.56 Å². The molecule has 11 heteroatoms. The molecule has 1 aliphatic heterocycles. The van der Waals surface area contributed by atoms with Crippen LogP contribution < -0.4 is 10.9 Å². The van der Waals surface area contributed by atoms with Crippen molar-refractivity contribution in [1.82, 2.24) is 28.8 Å². The Bertz CT molecular complexity index is 1930. The third-order valence-corrected chi connectivity index (χ3v) is 8.59. The predicted molar refractivity (Wildman–Crippen MR) is 159 cm³/mol. The fourth-order valence-corrected chi connectivity index (χ4v) is 6.43. The zero-order valence-electron chi connectivity index (χ0n) is 22.8. The molecule has 1 N–H and O–H groups in total. The van der Waals surface area contributed by atoms with E-state index in [0.717, 1.165) is 30.6 Å². The van der Waals surface area contributed by atoms with Crippen molar-refractivity contribution in [3.05, 3.63) is 86.5 Å². The summed E-state index contributed by atoms with van der Waals surface area (Å²) >= 11 is 12.9. The van der Waals surface area contributed by atoms with Gasteiger partial charge >= 0.3 is 0 Å². The Kier molecular flexibility index (Phi) is 5.72. The molecule has 9 nitrogen and oxygen atoms in total. The Hall–Kier alpha value is -3.95. The summed E-state index contributed by atoms with van der Waals surface area (Å²) in [4.78, 5) is 42.4. The lowest BCUT2D eigenvalue weighted by Crippen LogP contribution is -2.46. The molecule has 41 heavy (non-hydrogen) atoms. The van der Waals surface area contributed by atoms with Gasteiger partial charge in [0, 0.05) is 48.2 Å². The Balaban J connectivity index is 1.27. The fourth-order valence-electron chi connectivity index (χ4n) is 5.87. The molecule has 1 aliphatic carbocycles.